The molecule has 75 heavy (non-hydrogen) atoms. The number of hydrogen-bond donors (Lipinski definition) is 14. The average Bonchev–Trinajstić information content (AvgIpc) is 3.95. The minimum Gasteiger partial charge on any atom is -0.508 e. The van der Waals surface area contributed by atoms with Crippen molar-refractivity contribution in [1.82, 2.24) is 26.2 Å². The van der Waals surface area contributed by atoms with Crippen molar-refractivity contribution in [2.75, 3.05) is 6.54 Å². The smallest absolute Gasteiger partial charge is 0.248 e. The van der Waals surface area contributed by atoms with Crippen LogP contribution < -0.4 is 27.0 Å². The van der Waals surface area contributed by atoms with Crippen molar-refractivity contribution >= 4 is 47.0 Å². The van der Waals surface area contributed by atoms with Gasteiger partial charge in [-0.05, 0) is 62.1 Å². The Kier molecular flexibility index (Phi) is 24.5. The molecule has 2 heterocycles. The number of fused-ring (bicyclic) bond motifs is 2. The van der Waals surface area contributed by atoms with E-state index in [1.54, 1.807) is 0 Å². The number of primary amides is 1. The summed E-state index contributed by atoms with van der Waals surface area (Å²) in [7, 11) is 0. The molecule has 422 valence electrons. The van der Waals surface area contributed by atoms with Gasteiger partial charge in [0.15, 0.2) is 17.8 Å². The Labute approximate surface area is 437 Å². The van der Waals surface area contributed by atoms with Gasteiger partial charge in [-0.15, -0.1) is 0 Å². The largest absolute Gasteiger partial charge is 0.508 e. The molecule has 1 aromatic carbocycles. The molecule has 1 aromatic rings. The third-order valence-electron chi connectivity index (χ3n) is 15.0. The number of hydrogen-bond acceptors (Lipinski definition) is 17. The molecule has 1 saturated carbocycles. The second kappa shape index (κ2) is 29.4. The molecule has 0 aromatic heterocycles. The van der Waals surface area contributed by atoms with Crippen LogP contribution in [0.5, 0.6) is 5.75 Å². The summed E-state index contributed by atoms with van der Waals surface area (Å²) in [5, 5.41) is 109. The molecule has 1 aliphatic carbocycles. The second-order valence-corrected chi connectivity index (χ2v) is 21.2. The zero-order valence-corrected chi connectivity index (χ0v) is 43.5. The number of ketones is 2. The number of benzene rings is 1. The Morgan fingerprint density at radius 1 is 0.773 bits per heavy atom. The number of amides is 6. The lowest BCUT2D eigenvalue weighted by molar-refractivity contribution is -0.146. The maximum Gasteiger partial charge on any atom is 0.248 e. The van der Waals surface area contributed by atoms with Crippen LogP contribution >= 0.6 is 0 Å². The normalized spacial score (nSPS) is 30.1. The Balaban J connectivity index is 1.69. The fraction of sp³-hybridized carbons (Fsp3) is 0.731. The number of phenolic OH excluding ortho intramolecular Hbond substituents is 1. The van der Waals surface area contributed by atoms with Crippen LogP contribution in [0.3, 0.4) is 0 Å². The van der Waals surface area contributed by atoms with E-state index in [0.29, 0.717) is 24.7 Å². The summed E-state index contributed by atoms with van der Waals surface area (Å²) in [6.07, 6.45) is -10.7. The summed E-state index contributed by atoms with van der Waals surface area (Å²) in [6.45, 7) is 7.28. The highest BCUT2D eigenvalue weighted by Crippen LogP contribution is 2.36. The van der Waals surface area contributed by atoms with E-state index in [1.165, 1.54) is 18.6 Å². The van der Waals surface area contributed by atoms with Gasteiger partial charge in [0.05, 0.1) is 54.8 Å². The highest BCUT2D eigenvalue weighted by atomic mass is 16.3. The number of phenols is 1. The molecular weight excluding hydrogens is 981 g/mol. The van der Waals surface area contributed by atoms with E-state index in [4.69, 9.17) is 5.73 Å². The fourth-order valence-corrected chi connectivity index (χ4v) is 10.5. The number of carbonyl (C=O) groups is 8. The number of aromatic hydroxyl groups is 1. The zero-order chi connectivity index (χ0) is 55.8. The van der Waals surface area contributed by atoms with Gasteiger partial charge in [-0.3, -0.25) is 38.4 Å². The van der Waals surface area contributed by atoms with Crippen LogP contribution in [-0.2, 0) is 38.4 Å². The first kappa shape index (κ1) is 62.4. The number of carbonyl (C=O) groups excluding carboxylic acids is 8. The molecule has 0 bridgehead atoms. The van der Waals surface area contributed by atoms with Crippen LogP contribution in [-0.4, -0.2) is 171 Å². The van der Waals surface area contributed by atoms with Gasteiger partial charge in [0.2, 0.25) is 35.4 Å². The van der Waals surface area contributed by atoms with Gasteiger partial charge in [0.1, 0.15) is 36.1 Å². The minimum absolute atomic E-state index is 0.0670. The topological polar surface area (TPSA) is 396 Å². The molecule has 0 radical (unpaired) electrons. The molecule has 15 N–H and O–H groups in total. The molecule has 3 aliphatic rings. The van der Waals surface area contributed by atoms with Crippen molar-refractivity contribution in [3.05, 3.63) is 29.8 Å². The molecule has 6 amide bonds. The number of unbranched alkanes of at least 4 members (excludes halogenated alkanes) is 5. The van der Waals surface area contributed by atoms with Crippen molar-refractivity contribution in [3.8, 4) is 5.75 Å². The third-order valence-corrected chi connectivity index (χ3v) is 15.0. The van der Waals surface area contributed by atoms with Crippen LogP contribution in [0.4, 0.5) is 0 Å². The van der Waals surface area contributed by atoms with Crippen LogP contribution in [0.1, 0.15) is 142 Å². The number of aliphatic hydroxyl groups is 8. The summed E-state index contributed by atoms with van der Waals surface area (Å²) in [4.78, 5) is 112. The second-order valence-electron chi connectivity index (χ2n) is 21.2. The highest BCUT2D eigenvalue weighted by molar-refractivity contribution is 5.99. The number of nitrogens with zero attached hydrogens (tertiary/aromatic N) is 1. The minimum atomic E-state index is -2.24. The summed E-state index contributed by atoms with van der Waals surface area (Å²) in [5.74, 6) is -13.1. The van der Waals surface area contributed by atoms with E-state index >= 15 is 0 Å². The van der Waals surface area contributed by atoms with Crippen molar-refractivity contribution < 1.29 is 84.3 Å². The van der Waals surface area contributed by atoms with Gasteiger partial charge in [-0.1, -0.05) is 77.8 Å². The molecule has 23 heteroatoms. The van der Waals surface area contributed by atoms with Gasteiger partial charge in [0.25, 0.3) is 0 Å². The van der Waals surface area contributed by atoms with Crippen molar-refractivity contribution in [1.29, 1.82) is 0 Å². The lowest BCUT2D eigenvalue weighted by atomic mass is 9.83. The fourth-order valence-electron chi connectivity index (χ4n) is 10.5. The number of aliphatic hydroxyl groups excluding tert-OH is 8. The van der Waals surface area contributed by atoms with Crippen molar-refractivity contribution in [2.24, 2.45) is 35.3 Å². The predicted octanol–water partition coefficient (Wildman–Crippen LogP) is -1.26. The van der Waals surface area contributed by atoms with Gasteiger partial charge in [-0.25, -0.2) is 0 Å². The molecule has 2 aliphatic heterocycles. The highest BCUT2D eigenvalue weighted by Gasteiger charge is 2.50. The quantitative estimate of drug-likeness (QED) is 0.0678. The van der Waals surface area contributed by atoms with E-state index in [0.717, 1.165) is 62.5 Å². The van der Waals surface area contributed by atoms with Crippen molar-refractivity contribution in [2.45, 2.75) is 204 Å². The summed E-state index contributed by atoms with van der Waals surface area (Å²) < 4.78 is 0. The molecule has 3 fully saturated rings. The first-order valence-corrected chi connectivity index (χ1v) is 26.4. The van der Waals surface area contributed by atoms with Crippen LogP contribution in [0.25, 0.3) is 0 Å². The molecular formula is C52H82N6O17. The molecule has 2 saturated heterocycles. The Morgan fingerprint density at radius 2 is 1.40 bits per heavy atom. The molecule has 0 spiro atoms. The Morgan fingerprint density at radius 3 is 2.03 bits per heavy atom. The number of Topliss-reactive ketones (excluding diaryl/α,β-unsaturated/α-hetero) is 2. The molecule has 3 unspecified atom stereocenters. The van der Waals surface area contributed by atoms with Gasteiger partial charge in [0, 0.05) is 38.1 Å². The molecule has 4 rings (SSSR count). The van der Waals surface area contributed by atoms with E-state index in [1.807, 2.05) is 0 Å². The maximum absolute atomic E-state index is 14.5. The number of nitrogens with one attached hydrogen (secondary N) is 4. The van der Waals surface area contributed by atoms with Crippen molar-refractivity contribution in [3.63, 3.8) is 0 Å². The number of nitrogens with two attached hydrogens (primary N) is 1. The predicted molar refractivity (Wildman–Crippen MR) is 268 cm³/mol. The van der Waals surface area contributed by atoms with E-state index < -0.39 is 170 Å². The van der Waals surface area contributed by atoms with E-state index in [2.05, 4.69) is 42.0 Å². The van der Waals surface area contributed by atoms with Crippen LogP contribution in [0.15, 0.2) is 24.3 Å². The van der Waals surface area contributed by atoms with E-state index in [-0.39, 0.29) is 30.6 Å². The lowest BCUT2D eigenvalue weighted by Gasteiger charge is -2.33. The summed E-state index contributed by atoms with van der Waals surface area (Å²) in [6, 6.07) is -2.71. The Bertz CT molecular complexity index is 2100. The Hall–Kier alpha value is -5.14. The van der Waals surface area contributed by atoms with Gasteiger partial charge < -0.3 is 77.9 Å². The standard InChI is InChI=1S/C52H82N6O17/c1-5-26(2)20-27(3)12-10-8-6-7-9-11-13-41(67)54-34-23-39(65)50(73)57-51(74)42-32(18-19-36(42)62)46(69)44(38(64)24-40(53)66)56-48(71)33(47(70)45(68)29-14-16-30(60)17-15-29)22-37(63)35-21-31(61)25-58(35)52(75)43(28(4)59)55-49(34)72/h14-17,26-28,31-36,38-39,42-45,47,50,59-62,64-65,68,70,73H,5-13,18-25H2,1-4H3,(H2,53,66)(H,54,67)(H,55,72)(H,56,71)(H,57,74)/t26?,27?,28-,31-,32?,33+,34+,35+,36+,38-,39-,42+,43+,44+,45+,47+,50-/m1/s1. The zero-order valence-electron chi connectivity index (χ0n) is 43.5. The third kappa shape index (κ3) is 18.0. The van der Waals surface area contributed by atoms with Crippen LogP contribution in [0.2, 0.25) is 0 Å². The number of rotatable bonds is 20. The average molecular weight is 1060 g/mol. The summed E-state index contributed by atoms with van der Waals surface area (Å²) in [5.41, 5.74) is 5.28. The first-order valence-electron chi connectivity index (χ1n) is 26.4. The van der Waals surface area contributed by atoms with Gasteiger partial charge in [-0.2, -0.15) is 0 Å². The SMILES string of the molecule is CCC(C)CC(C)CCCCCCCCC(=O)N[C@H]1C[C@@H](O)[C@@H](O)NC(=O)[C@H]2C(CC[C@@H]2O)C(=O)[C@H]([C@H](O)CC(N)=O)NC(=O)[C@H]([C@H](O)[C@@H](O)c2ccc(O)cc2)CC(=O)[C@@H]2C[C@@H](O)CN2C(=O)[C@H]([C@@H](C)O)NC1=O. The first-order chi connectivity index (χ1) is 35.3. The van der Waals surface area contributed by atoms with E-state index in [9.17, 15) is 84.3 Å². The summed E-state index contributed by atoms with van der Waals surface area (Å²) >= 11 is 0. The lowest BCUT2D eigenvalue weighted by Crippen LogP contribution is -2.60. The van der Waals surface area contributed by atoms with Crippen LogP contribution in [0, 0.1) is 29.6 Å². The maximum atomic E-state index is 14.5. The molecule has 23 nitrogen and oxygen atoms in total. The monoisotopic (exact) mass is 1060 g/mol. The molecule has 17 atom stereocenters. The van der Waals surface area contributed by atoms with Gasteiger partial charge >= 0.3 is 0 Å².